The first-order chi connectivity index (χ1) is 19.1. The first-order valence-electron chi connectivity index (χ1n) is 14.5. The molecule has 3 saturated heterocycles. The Morgan fingerprint density at radius 1 is 0.923 bits per heavy atom. The molecule has 3 nitrogen and oxygen atoms in total. The van der Waals surface area contributed by atoms with E-state index in [-0.39, 0.29) is 11.5 Å². The fourth-order valence-electron chi connectivity index (χ4n) is 9.35. The Morgan fingerprint density at radius 2 is 1.62 bits per heavy atom. The van der Waals surface area contributed by atoms with Crippen molar-refractivity contribution in [2.75, 3.05) is 13.1 Å². The number of pyridine rings is 1. The summed E-state index contributed by atoms with van der Waals surface area (Å²) in [5, 5.41) is 18.8. The van der Waals surface area contributed by atoms with Gasteiger partial charge in [-0.2, -0.15) is 0 Å². The molecule has 1 aliphatic carbocycles. The number of aliphatic hydroxyl groups is 1. The van der Waals surface area contributed by atoms with Gasteiger partial charge in [0.1, 0.15) is 18.7 Å². The Bertz CT molecular complexity index is 1700. The van der Waals surface area contributed by atoms with Crippen LogP contribution >= 0.6 is 0 Å². The van der Waals surface area contributed by atoms with Crippen LogP contribution in [0.2, 0.25) is 0 Å². The van der Waals surface area contributed by atoms with Gasteiger partial charge in [0.25, 0.3) is 0 Å². The quantitative estimate of drug-likeness (QED) is 0.150. The average molecular weight is 512 g/mol. The van der Waals surface area contributed by atoms with Gasteiger partial charge < -0.3 is 9.59 Å². The molecule has 4 aliphatic rings. The summed E-state index contributed by atoms with van der Waals surface area (Å²) in [5.41, 5.74) is 3.60. The maximum atomic E-state index is 12.4. The van der Waals surface area contributed by atoms with E-state index < -0.39 is 6.10 Å². The number of rotatable bonds is 5. The van der Waals surface area contributed by atoms with E-state index in [4.69, 9.17) is 0 Å². The third-order valence-electron chi connectivity index (χ3n) is 10.5. The normalized spacial score (nSPS) is 30.2. The number of aromatic nitrogens is 1. The van der Waals surface area contributed by atoms with Gasteiger partial charge >= 0.3 is 0 Å². The molecule has 3 aliphatic heterocycles. The molecule has 3 heteroatoms. The summed E-state index contributed by atoms with van der Waals surface area (Å²) in [6, 6.07) is 30.6. The Labute approximate surface area is 230 Å². The van der Waals surface area contributed by atoms with Crippen LogP contribution in [-0.4, -0.2) is 33.7 Å². The molecule has 4 fully saturated rings. The van der Waals surface area contributed by atoms with Crippen LogP contribution in [0.25, 0.3) is 32.4 Å². The molecule has 39 heavy (non-hydrogen) atoms. The Hall–Kier alpha value is -3.53. The van der Waals surface area contributed by atoms with Crippen LogP contribution in [0, 0.1) is 17.3 Å². The van der Waals surface area contributed by atoms with Gasteiger partial charge in [-0.25, -0.2) is 0 Å². The molecule has 1 saturated carbocycles. The number of para-hydroxylation sites is 1. The number of hydrogen-bond acceptors (Lipinski definition) is 2. The van der Waals surface area contributed by atoms with Gasteiger partial charge in [0.15, 0.2) is 0 Å². The van der Waals surface area contributed by atoms with Gasteiger partial charge in [-0.05, 0) is 64.6 Å². The second-order valence-corrected chi connectivity index (χ2v) is 12.7. The Morgan fingerprint density at radius 3 is 2.36 bits per heavy atom. The highest BCUT2D eigenvalue weighted by Crippen LogP contribution is 2.60. The number of nitrogens with zero attached hydrogens (tertiary/aromatic N) is 2. The average Bonchev–Trinajstić information content (AvgIpc) is 2.96. The summed E-state index contributed by atoms with van der Waals surface area (Å²) in [6.07, 6.45) is 7.24. The molecular formula is C36H35N2O+. The van der Waals surface area contributed by atoms with Crippen LogP contribution in [0.4, 0.5) is 0 Å². The van der Waals surface area contributed by atoms with E-state index in [0.717, 1.165) is 47.0 Å². The van der Waals surface area contributed by atoms with Crippen LogP contribution in [0.15, 0.2) is 104 Å². The lowest BCUT2D eigenvalue weighted by Crippen LogP contribution is -2.74. The van der Waals surface area contributed by atoms with Gasteiger partial charge in [0.05, 0.1) is 18.6 Å². The van der Waals surface area contributed by atoms with E-state index in [0.29, 0.717) is 11.8 Å². The molecule has 4 heterocycles. The van der Waals surface area contributed by atoms with E-state index in [1.807, 2.05) is 12.3 Å². The molecule has 9 rings (SSSR count). The van der Waals surface area contributed by atoms with E-state index in [2.05, 4.69) is 96.5 Å². The molecule has 1 aromatic heterocycles. The number of quaternary nitrogens is 1. The fourth-order valence-corrected chi connectivity index (χ4v) is 9.35. The maximum absolute atomic E-state index is 12.4. The largest absolute Gasteiger partial charge is 0.382 e. The van der Waals surface area contributed by atoms with E-state index >= 15 is 0 Å². The van der Waals surface area contributed by atoms with Gasteiger partial charge in [-0.15, -0.1) is 6.58 Å². The Kier molecular flexibility index (Phi) is 5.08. The standard InChI is InChI=1S/C36H35N2O/c1-2-36-19-24-17-27(20-36)34(35(39)31-15-16-37-33-14-8-7-13-30(31)33)38(21-24,23-36)22-32-28-11-5-3-9-25(28)18-26-10-4-6-12-29(26)32/h2-16,18,24,27,34-35,39H,1,17,19-23H2/q+1/t24-,27+,34?,35-,36-,38+/m0/s1. The highest BCUT2D eigenvalue weighted by atomic mass is 16.3. The summed E-state index contributed by atoms with van der Waals surface area (Å²) in [4.78, 5) is 4.61. The van der Waals surface area contributed by atoms with Crippen molar-refractivity contribution in [3.8, 4) is 0 Å². The highest BCUT2D eigenvalue weighted by molar-refractivity contribution is 6.02. The first-order valence-corrected chi connectivity index (χ1v) is 14.5. The lowest BCUT2D eigenvalue weighted by atomic mass is 9.55. The molecule has 4 aromatic carbocycles. The minimum Gasteiger partial charge on any atom is -0.382 e. The van der Waals surface area contributed by atoms with Gasteiger partial charge in [0, 0.05) is 34.4 Å². The minimum absolute atomic E-state index is 0.151. The van der Waals surface area contributed by atoms with Crippen molar-refractivity contribution >= 4 is 32.4 Å². The van der Waals surface area contributed by atoms with Crippen LogP contribution < -0.4 is 0 Å². The van der Waals surface area contributed by atoms with E-state index in [1.54, 1.807) is 0 Å². The summed E-state index contributed by atoms with van der Waals surface area (Å²) >= 11 is 0. The minimum atomic E-state index is -0.536. The van der Waals surface area contributed by atoms with Crippen LogP contribution in [-0.2, 0) is 6.54 Å². The lowest BCUT2D eigenvalue weighted by Gasteiger charge is -2.66. The number of piperidine rings is 3. The van der Waals surface area contributed by atoms with Gasteiger partial charge in [0.2, 0.25) is 0 Å². The smallest absolute Gasteiger partial charge is 0.132 e. The molecule has 4 bridgehead atoms. The fraction of sp³-hybridized carbons (Fsp3) is 0.306. The molecule has 194 valence electrons. The van der Waals surface area contributed by atoms with Crippen LogP contribution in [0.1, 0.15) is 36.5 Å². The van der Waals surface area contributed by atoms with Crippen molar-refractivity contribution in [2.24, 2.45) is 17.3 Å². The van der Waals surface area contributed by atoms with Crippen molar-refractivity contribution in [1.82, 2.24) is 4.98 Å². The van der Waals surface area contributed by atoms with Crippen molar-refractivity contribution in [1.29, 1.82) is 0 Å². The third kappa shape index (κ3) is 3.46. The van der Waals surface area contributed by atoms with E-state index in [9.17, 15) is 5.11 Å². The SMILES string of the molecule is C=C[C@]12C[C@@H]3C[C@H](C1)C([C@@H](O)c1ccnc4ccccc14)[N@@+](Cc1c4ccccc4cc4ccccc14)(C3)C2. The predicted octanol–water partition coefficient (Wildman–Crippen LogP) is 7.58. The van der Waals surface area contributed by atoms with Gasteiger partial charge in [-0.1, -0.05) is 72.8 Å². The first kappa shape index (κ1) is 23.4. The zero-order valence-electron chi connectivity index (χ0n) is 22.3. The molecule has 0 amide bonds. The zero-order valence-corrected chi connectivity index (χ0v) is 22.3. The molecular weight excluding hydrogens is 476 g/mol. The zero-order chi connectivity index (χ0) is 26.2. The van der Waals surface area contributed by atoms with Crippen molar-refractivity contribution in [3.63, 3.8) is 0 Å². The van der Waals surface area contributed by atoms with Crippen molar-refractivity contribution in [2.45, 2.75) is 38.0 Å². The number of benzene rings is 4. The number of aliphatic hydroxyl groups excluding tert-OH is 1. The lowest BCUT2D eigenvalue weighted by molar-refractivity contribution is -0.996. The molecule has 6 atom stereocenters. The second kappa shape index (κ2) is 8.48. The molecule has 1 unspecified atom stereocenters. The summed E-state index contributed by atoms with van der Waals surface area (Å²) < 4.78 is 0.942. The summed E-state index contributed by atoms with van der Waals surface area (Å²) in [5.74, 6) is 1.17. The van der Waals surface area contributed by atoms with Crippen molar-refractivity contribution in [3.05, 3.63) is 115 Å². The molecule has 5 aromatic rings. The van der Waals surface area contributed by atoms with Crippen LogP contribution in [0.5, 0.6) is 0 Å². The van der Waals surface area contributed by atoms with Crippen LogP contribution in [0.3, 0.4) is 0 Å². The third-order valence-corrected chi connectivity index (χ3v) is 10.5. The van der Waals surface area contributed by atoms with E-state index in [1.165, 1.54) is 39.9 Å². The predicted molar refractivity (Wildman–Crippen MR) is 159 cm³/mol. The number of hydrogen-bond donors (Lipinski definition) is 1. The van der Waals surface area contributed by atoms with Gasteiger partial charge in [-0.3, -0.25) is 4.98 Å². The summed E-state index contributed by atoms with van der Waals surface area (Å²) in [6.45, 7) is 7.51. The summed E-state index contributed by atoms with van der Waals surface area (Å²) in [7, 11) is 0. The molecule has 1 N–H and O–H groups in total. The highest BCUT2D eigenvalue weighted by Gasteiger charge is 2.64. The monoisotopic (exact) mass is 511 g/mol. The van der Waals surface area contributed by atoms with Crippen molar-refractivity contribution < 1.29 is 9.59 Å². The molecule has 0 spiro atoms. The topological polar surface area (TPSA) is 33.1 Å². The maximum Gasteiger partial charge on any atom is 0.132 e. The second-order valence-electron chi connectivity index (χ2n) is 12.7. The number of fused-ring (bicyclic) bond motifs is 3. The Balaban J connectivity index is 1.33. The molecule has 0 radical (unpaired) electrons.